The van der Waals surface area contributed by atoms with E-state index in [0.29, 0.717) is 5.56 Å². The lowest BCUT2D eigenvalue weighted by molar-refractivity contribution is 0.0805. The fourth-order valence-electron chi connectivity index (χ4n) is 1.10. The van der Waals surface area contributed by atoms with Gasteiger partial charge in [-0.05, 0) is 24.7 Å². The molecule has 1 aromatic rings. The first-order valence-electron chi connectivity index (χ1n) is 3.84. The van der Waals surface area contributed by atoms with Crippen molar-refractivity contribution in [3.63, 3.8) is 0 Å². The van der Waals surface area contributed by atoms with Crippen LogP contribution in [0.3, 0.4) is 0 Å². The third-order valence-corrected chi connectivity index (χ3v) is 1.74. The topological polar surface area (TPSA) is 21.3 Å². The average molecular weight is 187 g/mol. The quantitative estimate of drug-likeness (QED) is 0.729. The zero-order valence-electron chi connectivity index (χ0n) is 7.47. The molecule has 13 heavy (non-hydrogen) atoms. The molecule has 1 N–H and O–H groups in total. The van der Waals surface area contributed by atoms with Crippen molar-refractivity contribution >= 4 is 0 Å². The van der Waals surface area contributed by atoms with E-state index < -0.39 is 17.9 Å². The fraction of sp³-hybridized carbons (Fsp3) is 0.333. The Balaban J connectivity index is 2.95. The van der Waals surface area contributed by atoms with E-state index in [4.69, 9.17) is 4.74 Å². The minimum atomic E-state index is -0.866. The van der Waals surface area contributed by atoms with Crippen LogP contribution in [0.2, 0.25) is 0 Å². The second-order valence-electron chi connectivity index (χ2n) is 2.58. The average Bonchev–Trinajstić information content (AvgIpc) is 2.13. The van der Waals surface area contributed by atoms with Crippen molar-refractivity contribution in [3.05, 3.63) is 35.4 Å². The predicted octanol–water partition coefficient (Wildman–Crippen LogP) is 1.83. The van der Waals surface area contributed by atoms with Crippen molar-refractivity contribution in [2.24, 2.45) is 0 Å². The van der Waals surface area contributed by atoms with Crippen LogP contribution < -0.4 is 5.32 Å². The highest BCUT2D eigenvalue weighted by molar-refractivity contribution is 5.19. The number of rotatable bonds is 3. The molecule has 1 atom stereocenters. The first-order chi connectivity index (χ1) is 6.19. The van der Waals surface area contributed by atoms with Crippen molar-refractivity contribution in [2.75, 3.05) is 14.2 Å². The number of halogens is 2. The third kappa shape index (κ3) is 2.23. The van der Waals surface area contributed by atoms with Gasteiger partial charge in [0.1, 0.15) is 6.23 Å². The van der Waals surface area contributed by atoms with Gasteiger partial charge in [-0.1, -0.05) is 6.07 Å². The van der Waals surface area contributed by atoms with Crippen molar-refractivity contribution in [1.82, 2.24) is 5.32 Å². The van der Waals surface area contributed by atoms with Gasteiger partial charge in [-0.3, -0.25) is 5.32 Å². The van der Waals surface area contributed by atoms with Gasteiger partial charge in [0.25, 0.3) is 0 Å². The molecule has 0 aliphatic rings. The van der Waals surface area contributed by atoms with E-state index >= 15 is 0 Å². The van der Waals surface area contributed by atoms with E-state index in [1.807, 2.05) is 0 Å². The van der Waals surface area contributed by atoms with Crippen molar-refractivity contribution < 1.29 is 13.5 Å². The van der Waals surface area contributed by atoms with Crippen LogP contribution in [0.5, 0.6) is 0 Å². The third-order valence-electron chi connectivity index (χ3n) is 1.74. The Bertz CT molecular complexity index is 287. The Labute approximate surface area is 75.5 Å². The molecule has 0 bridgehead atoms. The molecule has 0 heterocycles. The van der Waals surface area contributed by atoms with Gasteiger partial charge in [0.05, 0.1) is 0 Å². The van der Waals surface area contributed by atoms with E-state index in [1.165, 1.54) is 13.2 Å². The number of hydrogen-bond donors (Lipinski definition) is 1. The molecular weight excluding hydrogens is 176 g/mol. The highest BCUT2D eigenvalue weighted by atomic mass is 19.2. The molecule has 0 amide bonds. The van der Waals surface area contributed by atoms with Crippen LogP contribution in [0.1, 0.15) is 11.8 Å². The van der Waals surface area contributed by atoms with Gasteiger partial charge in [-0.25, -0.2) is 8.78 Å². The van der Waals surface area contributed by atoms with E-state index in [-0.39, 0.29) is 0 Å². The molecule has 0 aliphatic carbocycles. The van der Waals surface area contributed by atoms with Gasteiger partial charge in [0.2, 0.25) is 0 Å². The standard InChI is InChI=1S/C9H11F2NO/c1-12-9(13-2)6-3-4-7(10)8(11)5-6/h3-5,9,12H,1-2H3. The molecule has 72 valence electrons. The summed E-state index contributed by atoms with van der Waals surface area (Å²) in [4.78, 5) is 0. The van der Waals surface area contributed by atoms with Gasteiger partial charge in [-0.15, -0.1) is 0 Å². The molecule has 1 rings (SSSR count). The number of benzene rings is 1. The maximum Gasteiger partial charge on any atom is 0.159 e. The number of nitrogens with one attached hydrogen (secondary N) is 1. The SMILES string of the molecule is CNC(OC)c1ccc(F)c(F)c1. The maximum atomic E-state index is 12.8. The van der Waals surface area contributed by atoms with Gasteiger partial charge in [-0.2, -0.15) is 0 Å². The first kappa shape index (κ1) is 10.1. The van der Waals surface area contributed by atoms with Crippen molar-refractivity contribution in [3.8, 4) is 0 Å². The molecule has 0 radical (unpaired) electrons. The zero-order valence-corrected chi connectivity index (χ0v) is 7.47. The Hall–Kier alpha value is -1.00. The number of hydrogen-bond acceptors (Lipinski definition) is 2. The molecule has 0 aliphatic heterocycles. The van der Waals surface area contributed by atoms with Crippen LogP contribution in [0.4, 0.5) is 8.78 Å². The minimum Gasteiger partial charge on any atom is -0.362 e. The summed E-state index contributed by atoms with van der Waals surface area (Å²) in [6.07, 6.45) is -0.407. The summed E-state index contributed by atoms with van der Waals surface area (Å²) in [5, 5.41) is 2.80. The highest BCUT2D eigenvalue weighted by Gasteiger charge is 2.10. The monoisotopic (exact) mass is 187 g/mol. The van der Waals surface area contributed by atoms with Crippen LogP contribution in [0.25, 0.3) is 0 Å². The molecule has 1 aromatic carbocycles. The largest absolute Gasteiger partial charge is 0.362 e. The summed E-state index contributed by atoms with van der Waals surface area (Å²) in [5.74, 6) is -1.72. The fourth-order valence-corrected chi connectivity index (χ4v) is 1.10. The van der Waals surface area contributed by atoms with Gasteiger partial charge >= 0.3 is 0 Å². The number of methoxy groups -OCH3 is 1. The second-order valence-corrected chi connectivity index (χ2v) is 2.58. The summed E-state index contributed by atoms with van der Waals surface area (Å²) in [7, 11) is 3.16. The Morgan fingerprint density at radius 3 is 2.46 bits per heavy atom. The second kappa shape index (κ2) is 4.30. The smallest absolute Gasteiger partial charge is 0.159 e. The summed E-state index contributed by atoms with van der Waals surface area (Å²) in [6.45, 7) is 0. The van der Waals surface area contributed by atoms with E-state index in [9.17, 15) is 8.78 Å². The van der Waals surface area contributed by atoms with Crippen molar-refractivity contribution in [2.45, 2.75) is 6.23 Å². The van der Waals surface area contributed by atoms with Crippen molar-refractivity contribution in [1.29, 1.82) is 0 Å². The van der Waals surface area contributed by atoms with Crippen LogP contribution in [0, 0.1) is 11.6 Å². The first-order valence-corrected chi connectivity index (χ1v) is 3.84. The molecule has 4 heteroatoms. The van der Waals surface area contributed by atoms with E-state index in [1.54, 1.807) is 7.05 Å². The van der Waals surface area contributed by atoms with E-state index in [2.05, 4.69) is 5.32 Å². The summed E-state index contributed by atoms with van der Waals surface area (Å²) >= 11 is 0. The van der Waals surface area contributed by atoms with Crippen LogP contribution in [-0.2, 0) is 4.74 Å². The van der Waals surface area contributed by atoms with Crippen LogP contribution in [-0.4, -0.2) is 14.2 Å². The lowest BCUT2D eigenvalue weighted by Crippen LogP contribution is -2.18. The molecular formula is C9H11F2NO. The summed E-state index contributed by atoms with van der Waals surface area (Å²) < 4.78 is 30.3. The Morgan fingerprint density at radius 2 is 2.00 bits per heavy atom. The lowest BCUT2D eigenvalue weighted by atomic mass is 10.2. The predicted molar refractivity (Wildman–Crippen MR) is 45.2 cm³/mol. The maximum absolute atomic E-state index is 12.8. The van der Waals surface area contributed by atoms with Gasteiger partial charge in [0, 0.05) is 7.11 Å². The summed E-state index contributed by atoms with van der Waals surface area (Å²) in [6, 6.07) is 3.66. The molecule has 2 nitrogen and oxygen atoms in total. The molecule has 0 saturated heterocycles. The molecule has 0 spiro atoms. The number of ether oxygens (including phenoxy) is 1. The van der Waals surface area contributed by atoms with Gasteiger partial charge < -0.3 is 4.74 Å². The highest BCUT2D eigenvalue weighted by Crippen LogP contribution is 2.16. The molecule has 0 aromatic heterocycles. The van der Waals surface area contributed by atoms with Gasteiger partial charge in [0.15, 0.2) is 11.6 Å². The molecule has 1 unspecified atom stereocenters. The van der Waals surface area contributed by atoms with Crippen LogP contribution in [0.15, 0.2) is 18.2 Å². The Morgan fingerprint density at radius 1 is 1.31 bits per heavy atom. The molecule has 0 saturated carbocycles. The normalized spacial score (nSPS) is 12.9. The van der Waals surface area contributed by atoms with Crippen LogP contribution >= 0.6 is 0 Å². The zero-order chi connectivity index (χ0) is 9.84. The minimum absolute atomic E-state index is 0.407. The Kier molecular flexibility index (Phi) is 3.33. The summed E-state index contributed by atoms with van der Waals surface area (Å²) in [5.41, 5.74) is 0.559. The lowest BCUT2D eigenvalue weighted by Gasteiger charge is -2.14. The van der Waals surface area contributed by atoms with E-state index in [0.717, 1.165) is 12.1 Å². The molecule has 0 fully saturated rings.